The standard InChI is InChI=1S/C17H26N2OS/c1-3-11-21-12-5-10-19(4-2)14-17(20)16-8-6-15(13-18)7-9-16/h6-9,17,20H,3-5,10-12,14H2,1-2H3. The smallest absolute Gasteiger partial charge is 0.0991 e. The number of hydrogen-bond donors (Lipinski definition) is 1. The molecule has 0 radical (unpaired) electrons. The first kappa shape index (κ1) is 18.0. The monoisotopic (exact) mass is 306 g/mol. The van der Waals surface area contributed by atoms with Crippen molar-refractivity contribution >= 4 is 11.8 Å². The lowest BCUT2D eigenvalue weighted by Crippen LogP contribution is -2.29. The molecule has 0 saturated carbocycles. The van der Waals surface area contributed by atoms with Crippen LogP contribution in [0.3, 0.4) is 0 Å². The van der Waals surface area contributed by atoms with Crippen LogP contribution in [-0.4, -0.2) is 41.1 Å². The van der Waals surface area contributed by atoms with E-state index in [1.54, 1.807) is 12.1 Å². The number of aliphatic hydroxyl groups excluding tert-OH is 1. The highest BCUT2D eigenvalue weighted by molar-refractivity contribution is 7.99. The van der Waals surface area contributed by atoms with Crippen LogP contribution in [0.15, 0.2) is 24.3 Å². The van der Waals surface area contributed by atoms with E-state index in [0.717, 1.165) is 18.7 Å². The van der Waals surface area contributed by atoms with E-state index in [1.165, 1.54) is 24.3 Å². The number of nitriles is 1. The second-order valence-corrected chi connectivity index (χ2v) is 6.33. The Balaban J connectivity index is 2.38. The van der Waals surface area contributed by atoms with Gasteiger partial charge in [-0.2, -0.15) is 17.0 Å². The van der Waals surface area contributed by atoms with Crippen molar-refractivity contribution in [3.8, 4) is 6.07 Å². The van der Waals surface area contributed by atoms with Crippen molar-refractivity contribution in [2.75, 3.05) is 31.1 Å². The number of thioether (sulfide) groups is 1. The molecule has 0 heterocycles. The first-order valence-electron chi connectivity index (χ1n) is 7.69. The highest BCUT2D eigenvalue weighted by atomic mass is 32.2. The number of benzene rings is 1. The third-order valence-electron chi connectivity index (χ3n) is 3.41. The van der Waals surface area contributed by atoms with Gasteiger partial charge in [-0.1, -0.05) is 26.0 Å². The molecule has 0 saturated heterocycles. The summed E-state index contributed by atoms with van der Waals surface area (Å²) in [5.74, 6) is 2.43. The molecule has 1 aromatic carbocycles. The summed E-state index contributed by atoms with van der Waals surface area (Å²) in [5.41, 5.74) is 1.51. The Kier molecular flexibility index (Phi) is 9.16. The van der Waals surface area contributed by atoms with Crippen LogP contribution in [-0.2, 0) is 0 Å². The molecule has 0 aliphatic rings. The second kappa shape index (κ2) is 10.7. The SMILES string of the molecule is CCCSCCCN(CC)CC(O)c1ccc(C#N)cc1. The molecule has 0 bridgehead atoms. The molecule has 0 spiro atoms. The molecule has 21 heavy (non-hydrogen) atoms. The number of hydrogen-bond acceptors (Lipinski definition) is 4. The Morgan fingerprint density at radius 2 is 1.95 bits per heavy atom. The molecule has 0 aliphatic carbocycles. The van der Waals surface area contributed by atoms with Crippen molar-refractivity contribution in [3.05, 3.63) is 35.4 Å². The lowest BCUT2D eigenvalue weighted by molar-refractivity contribution is 0.116. The summed E-state index contributed by atoms with van der Waals surface area (Å²) in [4.78, 5) is 2.29. The predicted octanol–water partition coefficient (Wildman–Crippen LogP) is 3.45. The van der Waals surface area contributed by atoms with Gasteiger partial charge in [0, 0.05) is 6.54 Å². The van der Waals surface area contributed by atoms with Crippen molar-refractivity contribution in [2.45, 2.75) is 32.8 Å². The summed E-state index contributed by atoms with van der Waals surface area (Å²) < 4.78 is 0. The fourth-order valence-corrected chi connectivity index (χ4v) is 2.97. The molecule has 4 heteroatoms. The maximum Gasteiger partial charge on any atom is 0.0991 e. The Morgan fingerprint density at radius 3 is 2.52 bits per heavy atom. The molecule has 0 amide bonds. The molecule has 1 aromatic rings. The quantitative estimate of drug-likeness (QED) is 0.673. The minimum Gasteiger partial charge on any atom is -0.387 e. The van der Waals surface area contributed by atoms with Crippen LogP contribution in [0.1, 0.15) is 43.9 Å². The lowest BCUT2D eigenvalue weighted by atomic mass is 10.1. The molecule has 3 nitrogen and oxygen atoms in total. The summed E-state index contributed by atoms with van der Waals surface area (Å²) in [5, 5.41) is 19.1. The summed E-state index contributed by atoms with van der Waals surface area (Å²) in [6, 6.07) is 9.30. The zero-order chi connectivity index (χ0) is 15.5. The fourth-order valence-electron chi connectivity index (χ4n) is 2.14. The largest absolute Gasteiger partial charge is 0.387 e. The van der Waals surface area contributed by atoms with Crippen molar-refractivity contribution in [1.29, 1.82) is 5.26 Å². The average molecular weight is 306 g/mol. The van der Waals surface area contributed by atoms with E-state index < -0.39 is 6.10 Å². The Labute approximate surface area is 133 Å². The maximum absolute atomic E-state index is 10.3. The van der Waals surface area contributed by atoms with Crippen LogP contribution in [0.4, 0.5) is 0 Å². The zero-order valence-electron chi connectivity index (χ0n) is 13.1. The van der Waals surface area contributed by atoms with Gasteiger partial charge in [0.2, 0.25) is 0 Å². The van der Waals surface area contributed by atoms with E-state index in [-0.39, 0.29) is 0 Å². The van der Waals surface area contributed by atoms with Gasteiger partial charge in [-0.05, 0) is 55.1 Å². The number of nitrogens with zero attached hydrogens (tertiary/aromatic N) is 2. The first-order valence-corrected chi connectivity index (χ1v) is 8.85. The summed E-state index contributed by atoms with van der Waals surface area (Å²) in [6.07, 6.45) is 1.92. The first-order chi connectivity index (χ1) is 10.2. The van der Waals surface area contributed by atoms with Crippen LogP contribution >= 0.6 is 11.8 Å². The van der Waals surface area contributed by atoms with E-state index in [2.05, 4.69) is 24.8 Å². The third kappa shape index (κ3) is 6.99. The van der Waals surface area contributed by atoms with Gasteiger partial charge in [0.1, 0.15) is 0 Å². The molecular formula is C17H26N2OS. The highest BCUT2D eigenvalue weighted by Crippen LogP contribution is 2.15. The molecule has 1 N–H and O–H groups in total. The van der Waals surface area contributed by atoms with Crippen LogP contribution in [0, 0.1) is 11.3 Å². The molecule has 1 rings (SSSR count). The van der Waals surface area contributed by atoms with Gasteiger partial charge in [0.05, 0.1) is 17.7 Å². The Morgan fingerprint density at radius 1 is 1.24 bits per heavy atom. The minimum atomic E-state index is -0.485. The van der Waals surface area contributed by atoms with Crippen LogP contribution in [0.25, 0.3) is 0 Å². The van der Waals surface area contributed by atoms with Gasteiger partial charge in [0.25, 0.3) is 0 Å². The summed E-state index contributed by atoms with van der Waals surface area (Å²) in [7, 11) is 0. The number of rotatable bonds is 10. The molecule has 116 valence electrons. The predicted molar refractivity (Wildman–Crippen MR) is 90.5 cm³/mol. The zero-order valence-corrected chi connectivity index (χ0v) is 13.9. The topological polar surface area (TPSA) is 47.3 Å². The van der Waals surface area contributed by atoms with E-state index in [0.29, 0.717) is 12.1 Å². The molecule has 0 aliphatic heterocycles. The number of likely N-dealkylation sites (N-methyl/N-ethyl adjacent to an activating group) is 1. The molecule has 0 fully saturated rings. The van der Waals surface area contributed by atoms with Gasteiger partial charge in [-0.3, -0.25) is 0 Å². The van der Waals surface area contributed by atoms with Gasteiger partial charge in [-0.15, -0.1) is 0 Å². The van der Waals surface area contributed by atoms with Crippen LogP contribution in [0.2, 0.25) is 0 Å². The van der Waals surface area contributed by atoms with Gasteiger partial charge in [-0.25, -0.2) is 0 Å². The maximum atomic E-state index is 10.3. The van der Waals surface area contributed by atoms with E-state index >= 15 is 0 Å². The lowest BCUT2D eigenvalue weighted by Gasteiger charge is -2.23. The molecule has 1 atom stereocenters. The van der Waals surface area contributed by atoms with Crippen molar-refractivity contribution in [3.63, 3.8) is 0 Å². The number of aliphatic hydroxyl groups is 1. The normalized spacial score (nSPS) is 12.3. The Bertz CT molecular complexity index is 427. The minimum absolute atomic E-state index is 0.485. The van der Waals surface area contributed by atoms with E-state index in [1.807, 2.05) is 23.9 Å². The van der Waals surface area contributed by atoms with E-state index in [9.17, 15) is 5.11 Å². The van der Waals surface area contributed by atoms with Crippen molar-refractivity contribution in [2.24, 2.45) is 0 Å². The second-order valence-electron chi connectivity index (χ2n) is 5.11. The summed E-state index contributed by atoms with van der Waals surface area (Å²) >= 11 is 2.01. The van der Waals surface area contributed by atoms with Crippen molar-refractivity contribution < 1.29 is 5.11 Å². The van der Waals surface area contributed by atoms with Gasteiger partial charge >= 0.3 is 0 Å². The van der Waals surface area contributed by atoms with Crippen molar-refractivity contribution in [1.82, 2.24) is 4.90 Å². The molecule has 0 aromatic heterocycles. The highest BCUT2D eigenvalue weighted by Gasteiger charge is 2.12. The molecular weight excluding hydrogens is 280 g/mol. The Hall–Kier alpha value is -1.02. The molecule has 1 unspecified atom stereocenters. The third-order valence-corrected chi connectivity index (χ3v) is 4.69. The fraction of sp³-hybridized carbons (Fsp3) is 0.588. The van der Waals surface area contributed by atoms with Crippen LogP contribution < -0.4 is 0 Å². The van der Waals surface area contributed by atoms with E-state index in [4.69, 9.17) is 5.26 Å². The van der Waals surface area contributed by atoms with Crippen LogP contribution in [0.5, 0.6) is 0 Å². The summed E-state index contributed by atoms with van der Waals surface area (Å²) in [6.45, 7) is 6.97. The van der Waals surface area contributed by atoms with Gasteiger partial charge in [0.15, 0.2) is 0 Å². The van der Waals surface area contributed by atoms with Gasteiger partial charge < -0.3 is 10.0 Å². The average Bonchev–Trinajstić information content (AvgIpc) is 2.53.